The summed E-state index contributed by atoms with van der Waals surface area (Å²) in [5.41, 5.74) is 0.708. The lowest BCUT2D eigenvalue weighted by Gasteiger charge is -2.35. The van der Waals surface area contributed by atoms with Crippen molar-refractivity contribution >= 4 is 5.97 Å². The van der Waals surface area contributed by atoms with Gasteiger partial charge in [-0.2, -0.15) is 4.57 Å². The highest BCUT2D eigenvalue weighted by molar-refractivity contribution is 5.73. The molecular weight excluding hydrogens is 346 g/mol. The second kappa shape index (κ2) is 7.46. The van der Waals surface area contributed by atoms with Crippen molar-refractivity contribution < 1.29 is 34.5 Å². The van der Waals surface area contributed by atoms with E-state index in [-0.39, 0.29) is 6.04 Å². The average Bonchev–Trinajstić information content (AvgIpc) is 2.66. The number of aromatic nitrogens is 1. The molecular formula is C16H20N3O7+. The smallest absolute Gasteiger partial charge is 0.335 e. The second-order valence-corrected chi connectivity index (χ2v) is 6.27. The van der Waals surface area contributed by atoms with Crippen LogP contribution in [0, 0.1) is 4.91 Å². The minimum Gasteiger partial charge on any atom is -0.479 e. The van der Waals surface area contributed by atoms with Gasteiger partial charge in [-0.25, -0.2) is 9.80 Å². The molecule has 10 heteroatoms. The third-order valence-corrected chi connectivity index (χ3v) is 4.64. The molecule has 10 nitrogen and oxygen atoms in total. The van der Waals surface area contributed by atoms with Gasteiger partial charge in [-0.05, 0) is 12.5 Å². The summed E-state index contributed by atoms with van der Waals surface area (Å²) in [5.74, 6) is -1.45. The Morgan fingerprint density at radius 3 is 2.69 bits per heavy atom. The van der Waals surface area contributed by atoms with Gasteiger partial charge in [0.2, 0.25) is 0 Å². The van der Waals surface area contributed by atoms with Crippen LogP contribution in [0.3, 0.4) is 0 Å². The SMILES string of the molecule is O=NN1CC=CCC1c1ccc[n+](C2OC(C(=O)O)C(O)C(O)C2O)c1. The standard InChI is InChI=1S/C16H19N3O7/c20-11-12(21)14(16(23)24)26-15(13(11)22)18-6-3-4-9(8-18)10-5-1-2-7-19(10)17-25/h1-4,6,8,10-15,20-22H,5,7H2/p+1. The van der Waals surface area contributed by atoms with Crippen LogP contribution in [-0.4, -0.2) is 62.4 Å². The predicted molar refractivity (Wildman–Crippen MR) is 85.2 cm³/mol. The molecule has 3 heterocycles. The molecule has 1 fully saturated rings. The van der Waals surface area contributed by atoms with Gasteiger partial charge in [0.25, 0.3) is 6.23 Å². The van der Waals surface area contributed by atoms with Gasteiger partial charge in [-0.3, -0.25) is 0 Å². The Bertz CT molecular complexity index is 713. The number of aliphatic hydroxyl groups excluding tert-OH is 3. The van der Waals surface area contributed by atoms with Crippen LogP contribution in [-0.2, 0) is 9.53 Å². The van der Waals surface area contributed by atoms with Gasteiger partial charge in [-0.15, -0.1) is 4.91 Å². The van der Waals surface area contributed by atoms with Crippen LogP contribution in [0.25, 0.3) is 0 Å². The number of carbonyl (C=O) groups is 1. The molecule has 0 amide bonds. The van der Waals surface area contributed by atoms with E-state index in [9.17, 15) is 25.0 Å². The molecule has 0 aliphatic carbocycles. The van der Waals surface area contributed by atoms with Crippen LogP contribution in [0.2, 0.25) is 0 Å². The first-order valence-corrected chi connectivity index (χ1v) is 8.12. The monoisotopic (exact) mass is 366 g/mol. The van der Waals surface area contributed by atoms with Crippen molar-refractivity contribution in [3.8, 4) is 0 Å². The molecule has 1 aromatic heterocycles. The van der Waals surface area contributed by atoms with Gasteiger partial charge in [-0.1, -0.05) is 12.2 Å². The summed E-state index contributed by atoms with van der Waals surface area (Å²) in [7, 11) is 0. The van der Waals surface area contributed by atoms with E-state index in [1.165, 1.54) is 15.8 Å². The molecule has 0 radical (unpaired) electrons. The third-order valence-electron chi connectivity index (χ3n) is 4.64. The zero-order valence-corrected chi connectivity index (χ0v) is 13.7. The summed E-state index contributed by atoms with van der Waals surface area (Å²) in [6, 6.07) is 3.12. The van der Waals surface area contributed by atoms with Crippen LogP contribution < -0.4 is 4.57 Å². The molecule has 0 saturated carbocycles. The van der Waals surface area contributed by atoms with Crippen LogP contribution >= 0.6 is 0 Å². The lowest BCUT2D eigenvalue weighted by Crippen LogP contribution is -2.63. The Morgan fingerprint density at radius 2 is 2.00 bits per heavy atom. The predicted octanol–water partition coefficient (Wildman–Crippen LogP) is -0.977. The van der Waals surface area contributed by atoms with Crippen molar-refractivity contribution in [2.24, 2.45) is 5.29 Å². The number of nitrogens with zero attached hydrogens (tertiary/aromatic N) is 3. The summed E-state index contributed by atoms with van der Waals surface area (Å²) < 4.78 is 6.72. The highest BCUT2D eigenvalue weighted by Gasteiger charge is 2.51. The summed E-state index contributed by atoms with van der Waals surface area (Å²) in [6.45, 7) is 0.373. The minimum atomic E-state index is -1.75. The van der Waals surface area contributed by atoms with Crippen molar-refractivity contribution in [1.29, 1.82) is 0 Å². The van der Waals surface area contributed by atoms with Crippen LogP contribution in [0.1, 0.15) is 24.3 Å². The van der Waals surface area contributed by atoms with Gasteiger partial charge in [0.15, 0.2) is 24.6 Å². The molecule has 140 valence electrons. The molecule has 0 aromatic carbocycles. The van der Waals surface area contributed by atoms with E-state index in [0.717, 1.165) is 0 Å². The van der Waals surface area contributed by atoms with Gasteiger partial charge >= 0.3 is 5.97 Å². The molecule has 4 N–H and O–H groups in total. The van der Waals surface area contributed by atoms with Gasteiger partial charge in [0.1, 0.15) is 12.2 Å². The first kappa shape index (κ1) is 18.4. The van der Waals surface area contributed by atoms with Crippen LogP contribution in [0.4, 0.5) is 0 Å². The number of aliphatic hydroxyl groups is 3. The minimum absolute atomic E-state index is 0.309. The lowest BCUT2D eigenvalue weighted by atomic mass is 9.97. The number of pyridine rings is 1. The molecule has 1 saturated heterocycles. The fourth-order valence-corrected chi connectivity index (χ4v) is 3.23. The fraction of sp³-hybridized carbons (Fsp3) is 0.500. The molecule has 2 aliphatic rings. The third kappa shape index (κ3) is 3.31. The average molecular weight is 366 g/mol. The van der Waals surface area contributed by atoms with Crippen molar-refractivity contribution in [2.75, 3.05) is 6.54 Å². The van der Waals surface area contributed by atoms with E-state index in [2.05, 4.69) is 5.29 Å². The first-order valence-electron chi connectivity index (χ1n) is 8.12. The maximum Gasteiger partial charge on any atom is 0.335 e. The van der Waals surface area contributed by atoms with E-state index in [1.807, 2.05) is 12.2 Å². The number of carboxylic acid groups (broad SMARTS) is 1. The number of hydrogen-bond donors (Lipinski definition) is 4. The first-order chi connectivity index (χ1) is 12.4. The number of aliphatic carboxylic acids is 1. The van der Waals surface area contributed by atoms with E-state index >= 15 is 0 Å². The van der Waals surface area contributed by atoms with E-state index in [4.69, 9.17) is 9.84 Å². The molecule has 6 unspecified atom stereocenters. The molecule has 0 bridgehead atoms. The van der Waals surface area contributed by atoms with Gasteiger partial charge in [0.05, 0.1) is 17.9 Å². The Hall–Kier alpha value is -2.40. The van der Waals surface area contributed by atoms with Crippen molar-refractivity contribution in [3.63, 3.8) is 0 Å². The van der Waals surface area contributed by atoms with Gasteiger partial charge in [0, 0.05) is 11.6 Å². The Labute approximate surface area is 148 Å². The van der Waals surface area contributed by atoms with Crippen molar-refractivity contribution in [2.45, 2.75) is 43.1 Å². The molecule has 1 aromatic rings. The molecule has 26 heavy (non-hydrogen) atoms. The van der Waals surface area contributed by atoms with Crippen molar-refractivity contribution in [3.05, 3.63) is 47.1 Å². The molecule has 6 atom stereocenters. The summed E-state index contributed by atoms with van der Waals surface area (Å²) >= 11 is 0. The normalized spacial score (nSPS) is 34.5. The number of nitroso groups, excluding NO2 is 1. The zero-order valence-electron chi connectivity index (χ0n) is 13.7. The highest BCUT2D eigenvalue weighted by Crippen LogP contribution is 2.29. The fourth-order valence-electron chi connectivity index (χ4n) is 3.23. The quantitative estimate of drug-likeness (QED) is 0.302. The highest BCUT2D eigenvalue weighted by atomic mass is 16.6. The summed E-state index contributed by atoms with van der Waals surface area (Å²) in [5, 5.41) is 43.5. The molecule has 3 rings (SSSR count). The van der Waals surface area contributed by atoms with E-state index in [0.29, 0.717) is 18.5 Å². The number of rotatable bonds is 4. The molecule has 0 spiro atoms. The van der Waals surface area contributed by atoms with E-state index in [1.54, 1.807) is 18.3 Å². The summed E-state index contributed by atoms with van der Waals surface area (Å²) in [4.78, 5) is 22.3. The maximum atomic E-state index is 11.2. The van der Waals surface area contributed by atoms with Gasteiger partial charge < -0.3 is 25.2 Å². The Balaban J connectivity index is 1.90. The van der Waals surface area contributed by atoms with Crippen LogP contribution in [0.5, 0.6) is 0 Å². The number of carboxylic acids is 1. The largest absolute Gasteiger partial charge is 0.479 e. The van der Waals surface area contributed by atoms with Crippen LogP contribution in [0.15, 0.2) is 42.0 Å². The summed E-state index contributed by atoms with van der Waals surface area (Å²) in [6.07, 6.45) is -0.411. The lowest BCUT2D eigenvalue weighted by molar-refractivity contribution is -0.777. The topological polar surface area (TPSA) is 144 Å². The molecule has 2 aliphatic heterocycles. The number of hydrogen-bond acceptors (Lipinski definition) is 7. The second-order valence-electron chi connectivity index (χ2n) is 6.27. The Kier molecular flexibility index (Phi) is 5.28. The van der Waals surface area contributed by atoms with E-state index < -0.39 is 36.6 Å². The zero-order chi connectivity index (χ0) is 18.8. The Morgan fingerprint density at radius 1 is 1.23 bits per heavy atom. The number of ether oxygens (including phenoxy) is 1. The van der Waals surface area contributed by atoms with Crippen molar-refractivity contribution in [1.82, 2.24) is 5.01 Å². The maximum absolute atomic E-state index is 11.2.